The summed E-state index contributed by atoms with van der Waals surface area (Å²) in [7, 11) is 0. The van der Waals surface area contributed by atoms with E-state index in [1.165, 1.54) is 21.9 Å². The van der Waals surface area contributed by atoms with Gasteiger partial charge in [0.1, 0.15) is 5.56 Å². The van der Waals surface area contributed by atoms with Gasteiger partial charge < -0.3 is 5.32 Å². The molecular weight excluding hydrogens is 322 g/mol. The minimum Gasteiger partial charge on any atom is -0.349 e. The maximum Gasteiger partial charge on any atom is 0.271 e. The van der Waals surface area contributed by atoms with Crippen LogP contribution >= 0.6 is 11.3 Å². The van der Waals surface area contributed by atoms with Crippen LogP contribution in [0.3, 0.4) is 0 Å². The average Bonchev–Trinajstić information content (AvgIpc) is 3.01. The Morgan fingerprint density at radius 2 is 2.08 bits per heavy atom. The molecule has 0 spiro atoms. The highest BCUT2D eigenvalue weighted by molar-refractivity contribution is 7.15. The van der Waals surface area contributed by atoms with Gasteiger partial charge in [-0.3, -0.25) is 14.0 Å². The van der Waals surface area contributed by atoms with E-state index in [-0.39, 0.29) is 23.1 Å². The number of amides is 1. The molecular formula is C18H19N3O2S. The van der Waals surface area contributed by atoms with Crippen LogP contribution in [-0.4, -0.2) is 21.3 Å². The Balaban J connectivity index is 2.04. The van der Waals surface area contributed by atoms with E-state index < -0.39 is 0 Å². The highest BCUT2D eigenvalue weighted by atomic mass is 32.1. The van der Waals surface area contributed by atoms with Crippen molar-refractivity contribution in [2.24, 2.45) is 0 Å². The molecule has 0 aliphatic rings. The van der Waals surface area contributed by atoms with Crippen molar-refractivity contribution in [2.75, 3.05) is 0 Å². The lowest BCUT2D eigenvalue weighted by molar-refractivity contribution is 0.0936. The first-order valence-corrected chi connectivity index (χ1v) is 8.85. The second-order valence-electron chi connectivity index (χ2n) is 5.75. The summed E-state index contributed by atoms with van der Waals surface area (Å²) in [5.74, 6) is -0.368. The monoisotopic (exact) mass is 341 g/mol. The highest BCUT2D eigenvalue weighted by Gasteiger charge is 2.18. The number of rotatable bonds is 5. The molecule has 24 heavy (non-hydrogen) atoms. The van der Waals surface area contributed by atoms with Crippen molar-refractivity contribution in [1.82, 2.24) is 14.7 Å². The molecule has 1 atom stereocenters. The molecule has 2 heterocycles. The van der Waals surface area contributed by atoms with Gasteiger partial charge in [-0.25, -0.2) is 4.98 Å². The largest absolute Gasteiger partial charge is 0.349 e. The molecule has 3 rings (SSSR count). The summed E-state index contributed by atoms with van der Waals surface area (Å²) in [6.07, 6.45) is 3.22. The molecule has 124 valence electrons. The van der Waals surface area contributed by atoms with Crippen molar-refractivity contribution >= 4 is 22.2 Å². The molecule has 0 radical (unpaired) electrons. The van der Waals surface area contributed by atoms with Crippen molar-refractivity contribution in [3.05, 3.63) is 57.8 Å². The first kappa shape index (κ1) is 16.4. The second-order valence-corrected chi connectivity index (χ2v) is 6.58. The van der Waals surface area contributed by atoms with Gasteiger partial charge in [-0.1, -0.05) is 43.7 Å². The maximum absolute atomic E-state index is 12.8. The number of nitrogens with one attached hydrogen (secondary N) is 1. The van der Waals surface area contributed by atoms with Gasteiger partial charge >= 0.3 is 0 Å². The molecule has 0 unspecified atom stereocenters. The lowest BCUT2D eigenvalue weighted by atomic mass is 10.1. The lowest BCUT2D eigenvalue weighted by Crippen LogP contribution is -2.36. The third-order valence-electron chi connectivity index (χ3n) is 3.86. The number of fused-ring (bicyclic) bond motifs is 1. The Labute approximate surface area is 144 Å². The molecule has 6 heteroatoms. The third-order valence-corrected chi connectivity index (χ3v) is 4.70. The molecule has 1 aromatic carbocycles. The molecule has 0 aliphatic heterocycles. The van der Waals surface area contributed by atoms with Crippen molar-refractivity contribution < 1.29 is 4.79 Å². The minimum atomic E-state index is -0.368. The van der Waals surface area contributed by atoms with Gasteiger partial charge in [-0.05, 0) is 18.9 Å². The molecule has 3 aromatic rings. The molecule has 0 bridgehead atoms. The molecule has 5 nitrogen and oxygen atoms in total. The van der Waals surface area contributed by atoms with Gasteiger partial charge in [0, 0.05) is 17.6 Å². The van der Waals surface area contributed by atoms with Gasteiger partial charge in [0.25, 0.3) is 11.5 Å². The molecule has 1 N–H and O–H groups in total. The Morgan fingerprint density at radius 3 is 2.79 bits per heavy atom. The summed E-state index contributed by atoms with van der Waals surface area (Å²) in [6.45, 7) is 3.99. The summed E-state index contributed by atoms with van der Waals surface area (Å²) >= 11 is 1.39. The zero-order valence-electron chi connectivity index (χ0n) is 13.7. The fourth-order valence-corrected chi connectivity index (χ4v) is 3.52. The molecule has 0 fully saturated rings. The molecule has 0 aliphatic carbocycles. The number of benzene rings is 1. The van der Waals surface area contributed by atoms with E-state index in [9.17, 15) is 9.59 Å². The van der Waals surface area contributed by atoms with Crippen molar-refractivity contribution in [3.63, 3.8) is 0 Å². The van der Waals surface area contributed by atoms with Gasteiger partial charge in [0.15, 0.2) is 4.96 Å². The first-order valence-electron chi connectivity index (χ1n) is 7.97. The zero-order valence-corrected chi connectivity index (χ0v) is 14.5. The standard InChI is InChI=1S/C18H19N3O2S/c1-3-7-12(2)20-16(22)14-10-19-18-21(17(14)23)15(11-24-18)13-8-5-4-6-9-13/h4-6,8-12H,3,7H2,1-2H3,(H,20,22)/t12-/m0/s1. The van der Waals surface area contributed by atoms with Crippen LogP contribution in [-0.2, 0) is 0 Å². The number of thiazole rings is 1. The number of hydrogen-bond donors (Lipinski definition) is 1. The topological polar surface area (TPSA) is 63.5 Å². The quantitative estimate of drug-likeness (QED) is 0.774. The van der Waals surface area contributed by atoms with E-state index in [0.717, 1.165) is 24.1 Å². The summed E-state index contributed by atoms with van der Waals surface area (Å²) < 4.78 is 1.51. The van der Waals surface area contributed by atoms with E-state index in [1.54, 1.807) is 0 Å². The Bertz CT molecular complexity index is 915. The van der Waals surface area contributed by atoms with Gasteiger partial charge in [-0.15, -0.1) is 11.3 Å². The smallest absolute Gasteiger partial charge is 0.271 e. The third kappa shape index (κ3) is 3.10. The first-order chi connectivity index (χ1) is 11.6. The summed E-state index contributed by atoms with van der Waals surface area (Å²) in [5.41, 5.74) is 1.42. The number of nitrogens with zero attached hydrogens (tertiary/aromatic N) is 2. The highest BCUT2D eigenvalue weighted by Crippen LogP contribution is 2.23. The van der Waals surface area contributed by atoms with Crippen LogP contribution in [0.2, 0.25) is 0 Å². The summed E-state index contributed by atoms with van der Waals surface area (Å²) in [6, 6.07) is 9.65. The number of hydrogen-bond acceptors (Lipinski definition) is 4. The van der Waals surface area contributed by atoms with Crippen molar-refractivity contribution in [3.8, 4) is 11.3 Å². The van der Waals surface area contributed by atoms with Crippen LogP contribution in [0, 0.1) is 0 Å². The van der Waals surface area contributed by atoms with E-state index in [2.05, 4.69) is 17.2 Å². The van der Waals surface area contributed by atoms with E-state index in [1.807, 2.05) is 42.6 Å². The number of carbonyl (C=O) groups is 1. The van der Waals surface area contributed by atoms with E-state index in [0.29, 0.717) is 4.96 Å². The van der Waals surface area contributed by atoms with Crippen LogP contribution in [0.4, 0.5) is 0 Å². The Hall–Kier alpha value is -2.47. The number of carbonyl (C=O) groups excluding carboxylic acids is 1. The Morgan fingerprint density at radius 1 is 1.33 bits per heavy atom. The summed E-state index contributed by atoms with van der Waals surface area (Å²) in [4.78, 5) is 30.1. The van der Waals surface area contributed by atoms with Crippen LogP contribution in [0.15, 0.2) is 46.7 Å². The SMILES string of the molecule is CCC[C@H](C)NC(=O)c1cnc2scc(-c3ccccc3)n2c1=O. The lowest BCUT2D eigenvalue weighted by Gasteiger charge is -2.12. The van der Waals surface area contributed by atoms with Crippen LogP contribution < -0.4 is 10.9 Å². The van der Waals surface area contributed by atoms with Crippen LogP contribution in [0.1, 0.15) is 37.0 Å². The number of aromatic nitrogens is 2. The zero-order chi connectivity index (χ0) is 17.1. The van der Waals surface area contributed by atoms with Gasteiger partial charge in [0.05, 0.1) is 5.69 Å². The molecule has 0 saturated heterocycles. The predicted molar refractivity (Wildman–Crippen MR) is 96.6 cm³/mol. The van der Waals surface area contributed by atoms with Gasteiger partial charge in [-0.2, -0.15) is 0 Å². The van der Waals surface area contributed by atoms with E-state index in [4.69, 9.17) is 0 Å². The van der Waals surface area contributed by atoms with Crippen molar-refractivity contribution in [2.45, 2.75) is 32.7 Å². The van der Waals surface area contributed by atoms with Crippen LogP contribution in [0.5, 0.6) is 0 Å². The van der Waals surface area contributed by atoms with E-state index >= 15 is 0 Å². The Kier molecular flexibility index (Phi) is 4.76. The van der Waals surface area contributed by atoms with Crippen molar-refractivity contribution in [1.29, 1.82) is 0 Å². The fourth-order valence-electron chi connectivity index (χ4n) is 2.67. The molecule has 1 amide bonds. The summed E-state index contributed by atoms with van der Waals surface area (Å²) in [5, 5.41) is 4.75. The van der Waals surface area contributed by atoms with Crippen LogP contribution in [0.25, 0.3) is 16.2 Å². The van der Waals surface area contributed by atoms with Gasteiger partial charge in [0.2, 0.25) is 0 Å². The normalized spacial score (nSPS) is 12.2. The fraction of sp³-hybridized carbons (Fsp3) is 0.278. The molecule has 0 saturated carbocycles. The average molecular weight is 341 g/mol. The maximum atomic E-state index is 12.8. The minimum absolute atomic E-state index is 0.0265. The molecule has 2 aromatic heterocycles. The second kappa shape index (κ2) is 6.97. The predicted octanol–water partition coefficient (Wildman–Crippen LogP) is 3.34.